The Balaban J connectivity index is 2.06. The van der Waals surface area contributed by atoms with E-state index < -0.39 is 17.9 Å². The Bertz CT molecular complexity index is 593. The van der Waals surface area contributed by atoms with Crippen molar-refractivity contribution in [3.05, 3.63) is 47.8 Å². The molecule has 0 spiro atoms. The number of carboxylic acid groups (broad SMARTS) is 1. The number of imidazole rings is 1. The molecule has 0 aliphatic carbocycles. The summed E-state index contributed by atoms with van der Waals surface area (Å²) in [7, 11) is 0. The highest BCUT2D eigenvalue weighted by Gasteiger charge is 2.21. The summed E-state index contributed by atoms with van der Waals surface area (Å²) >= 11 is 0. The third-order valence-corrected chi connectivity index (χ3v) is 2.76. The van der Waals surface area contributed by atoms with Crippen LogP contribution in [0.5, 0.6) is 0 Å². The van der Waals surface area contributed by atoms with Gasteiger partial charge in [-0.3, -0.25) is 9.78 Å². The molecule has 2 heterocycles. The van der Waals surface area contributed by atoms with Crippen LogP contribution in [0.2, 0.25) is 0 Å². The summed E-state index contributed by atoms with van der Waals surface area (Å²) < 4.78 is 0. The predicted molar refractivity (Wildman–Crippen MR) is 70.2 cm³/mol. The number of carboxylic acids is 1. The summed E-state index contributed by atoms with van der Waals surface area (Å²) in [5.41, 5.74) is 1.75. The van der Waals surface area contributed by atoms with Crippen LogP contribution in [0.3, 0.4) is 0 Å². The van der Waals surface area contributed by atoms with Crippen LogP contribution < -0.4 is 5.32 Å². The second-order valence-corrected chi connectivity index (χ2v) is 4.33. The molecule has 0 aliphatic rings. The number of hydrogen-bond donors (Lipinski definition) is 3. The number of amides is 1. The zero-order valence-electron chi connectivity index (χ0n) is 10.8. The number of aliphatic carboxylic acids is 1. The molecule has 20 heavy (non-hydrogen) atoms. The molecule has 1 amide bonds. The fraction of sp³-hybridized carbons (Fsp3) is 0.231. The Morgan fingerprint density at radius 3 is 2.75 bits per heavy atom. The van der Waals surface area contributed by atoms with Crippen molar-refractivity contribution >= 4 is 11.9 Å². The topological polar surface area (TPSA) is 108 Å². The van der Waals surface area contributed by atoms with Gasteiger partial charge in [-0.25, -0.2) is 9.78 Å². The Morgan fingerprint density at radius 2 is 2.20 bits per heavy atom. The van der Waals surface area contributed by atoms with E-state index in [4.69, 9.17) is 5.11 Å². The molecule has 0 bridgehead atoms. The number of nitrogens with zero attached hydrogens (tertiary/aromatic N) is 2. The van der Waals surface area contributed by atoms with Gasteiger partial charge < -0.3 is 15.4 Å². The highest BCUT2D eigenvalue weighted by atomic mass is 16.4. The van der Waals surface area contributed by atoms with Crippen LogP contribution in [-0.2, 0) is 11.2 Å². The van der Waals surface area contributed by atoms with Crippen LogP contribution in [0.4, 0.5) is 0 Å². The smallest absolute Gasteiger partial charge is 0.326 e. The number of aromatic amines is 1. The van der Waals surface area contributed by atoms with Crippen molar-refractivity contribution in [2.75, 3.05) is 0 Å². The van der Waals surface area contributed by atoms with Crippen LogP contribution in [0.25, 0.3) is 0 Å². The van der Waals surface area contributed by atoms with Gasteiger partial charge in [-0.15, -0.1) is 0 Å². The van der Waals surface area contributed by atoms with Crippen molar-refractivity contribution in [1.29, 1.82) is 0 Å². The number of nitrogens with one attached hydrogen (secondary N) is 2. The van der Waals surface area contributed by atoms with Crippen molar-refractivity contribution in [3.63, 3.8) is 0 Å². The molecule has 0 aromatic carbocycles. The molecule has 2 aromatic heterocycles. The molecule has 1 unspecified atom stereocenters. The molecular weight excluding hydrogens is 260 g/mol. The standard InChI is InChI=1S/C13H14N4O3/c1-8-2-3-9(5-15-8)12(18)17-11(13(19)20)4-10-6-14-7-16-10/h2-3,5-7,11H,4H2,1H3,(H,14,16)(H,17,18)(H,19,20). The first-order valence-electron chi connectivity index (χ1n) is 6.00. The number of carbonyl (C=O) groups excluding carboxylic acids is 1. The van der Waals surface area contributed by atoms with E-state index in [0.29, 0.717) is 11.3 Å². The van der Waals surface area contributed by atoms with E-state index in [9.17, 15) is 9.59 Å². The lowest BCUT2D eigenvalue weighted by atomic mass is 10.1. The maximum atomic E-state index is 12.0. The highest BCUT2D eigenvalue weighted by molar-refractivity contribution is 5.96. The Hall–Kier alpha value is -2.70. The number of carbonyl (C=O) groups is 2. The number of pyridine rings is 1. The van der Waals surface area contributed by atoms with Crippen LogP contribution >= 0.6 is 0 Å². The number of aryl methyl sites for hydroxylation is 1. The van der Waals surface area contributed by atoms with Gasteiger partial charge in [-0.2, -0.15) is 0 Å². The molecule has 1 atom stereocenters. The van der Waals surface area contributed by atoms with Crippen molar-refractivity contribution in [2.45, 2.75) is 19.4 Å². The van der Waals surface area contributed by atoms with Gasteiger partial charge >= 0.3 is 5.97 Å². The maximum absolute atomic E-state index is 12.0. The summed E-state index contributed by atoms with van der Waals surface area (Å²) in [6.07, 6.45) is 4.54. The minimum atomic E-state index is -1.10. The van der Waals surface area contributed by atoms with Gasteiger partial charge in [-0.05, 0) is 19.1 Å². The largest absolute Gasteiger partial charge is 0.480 e. The zero-order chi connectivity index (χ0) is 14.5. The third kappa shape index (κ3) is 3.41. The van der Waals surface area contributed by atoms with Gasteiger partial charge in [0.1, 0.15) is 6.04 Å². The summed E-state index contributed by atoms with van der Waals surface area (Å²) in [5, 5.41) is 11.6. The average Bonchev–Trinajstić information content (AvgIpc) is 2.91. The first-order chi connectivity index (χ1) is 9.56. The van der Waals surface area contributed by atoms with Crippen LogP contribution in [0.1, 0.15) is 21.7 Å². The summed E-state index contributed by atoms with van der Waals surface area (Å²) in [6, 6.07) is 2.27. The van der Waals surface area contributed by atoms with Gasteiger partial charge in [0.15, 0.2) is 0 Å². The van der Waals surface area contributed by atoms with E-state index in [1.807, 2.05) is 0 Å². The molecule has 7 nitrogen and oxygen atoms in total. The molecule has 2 aromatic rings. The lowest BCUT2D eigenvalue weighted by Gasteiger charge is -2.13. The lowest BCUT2D eigenvalue weighted by molar-refractivity contribution is -0.139. The van der Waals surface area contributed by atoms with E-state index in [-0.39, 0.29) is 6.42 Å². The summed E-state index contributed by atoms with van der Waals surface area (Å²) in [6.45, 7) is 1.81. The minimum absolute atomic E-state index is 0.139. The number of H-pyrrole nitrogens is 1. The van der Waals surface area contributed by atoms with Gasteiger partial charge in [-0.1, -0.05) is 0 Å². The predicted octanol–water partition coefficient (Wildman–Crippen LogP) is 0.539. The second kappa shape index (κ2) is 5.96. The van der Waals surface area contributed by atoms with Gasteiger partial charge in [0.2, 0.25) is 0 Å². The normalized spacial score (nSPS) is 11.8. The molecule has 3 N–H and O–H groups in total. The molecule has 0 saturated carbocycles. The number of rotatable bonds is 5. The van der Waals surface area contributed by atoms with Crippen LogP contribution in [0, 0.1) is 6.92 Å². The first-order valence-corrected chi connectivity index (χ1v) is 6.00. The van der Waals surface area contributed by atoms with Gasteiger partial charge in [0.25, 0.3) is 5.91 Å². The minimum Gasteiger partial charge on any atom is -0.480 e. The van der Waals surface area contributed by atoms with Crippen molar-refractivity contribution in [1.82, 2.24) is 20.3 Å². The molecule has 104 valence electrons. The SMILES string of the molecule is Cc1ccc(C(=O)NC(Cc2cnc[nH]2)C(=O)O)cn1. The quantitative estimate of drug-likeness (QED) is 0.737. The van der Waals surface area contributed by atoms with E-state index in [0.717, 1.165) is 5.69 Å². The van der Waals surface area contributed by atoms with Gasteiger partial charge in [0, 0.05) is 30.2 Å². The maximum Gasteiger partial charge on any atom is 0.326 e. The van der Waals surface area contributed by atoms with E-state index in [2.05, 4.69) is 20.3 Å². The van der Waals surface area contributed by atoms with E-state index >= 15 is 0 Å². The van der Waals surface area contributed by atoms with E-state index in [1.54, 1.807) is 19.1 Å². The monoisotopic (exact) mass is 274 g/mol. The Morgan fingerprint density at radius 1 is 1.40 bits per heavy atom. The van der Waals surface area contributed by atoms with Gasteiger partial charge in [0.05, 0.1) is 11.9 Å². The van der Waals surface area contributed by atoms with Crippen molar-refractivity contribution < 1.29 is 14.7 Å². The molecule has 0 radical (unpaired) electrons. The first kappa shape index (κ1) is 13.7. The molecule has 0 fully saturated rings. The van der Waals surface area contributed by atoms with Crippen molar-refractivity contribution in [2.24, 2.45) is 0 Å². The van der Waals surface area contributed by atoms with Crippen LogP contribution in [0.15, 0.2) is 30.9 Å². The summed E-state index contributed by atoms with van der Waals surface area (Å²) in [5.74, 6) is -1.57. The van der Waals surface area contributed by atoms with Crippen molar-refractivity contribution in [3.8, 4) is 0 Å². The summed E-state index contributed by atoms with van der Waals surface area (Å²) in [4.78, 5) is 33.8. The Labute approximate surface area is 115 Å². The third-order valence-electron chi connectivity index (χ3n) is 2.76. The average molecular weight is 274 g/mol. The zero-order valence-corrected chi connectivity index (χ0v) is 10.8. The lowest BCUT2D eigenvalue weighted by Crippen LogP contribution is -2.42. The molecular formula is C13H14N4O3. The second-order valence-electron chi connectivity index (χ2n) is 4.33. The Kier molecular flexibility index (Phi) is 4.09. The number of aromatic nitrogens is 3. The highest BCUT2D eigenvalue weighted by Crippen LogP contribution is 2.03. The molecule has 2 rings (SSSR count). The fourth-order valence-corrected chi connectivity index (χ4v) is 1.66. The molecule has 0 saturated heterocycles. The molecule has 7 heteroatoms. The van der Waals surface area contributed by atoms with E-state index in [1.165, 1.54) is 18.7 Å². The fourth-order valence-electron chi connectivity index (χ4n) is 1.66. The molecule has 0 aliphatic heterocycles. The van der Waals surface area contributed by atoms with Crippen LogP contribution in [-0.4, -0.2) is 38.0 Å². The number of hydrogen-bond acceptors (Lipinski definition) is 4.